The average Bonchev–Trinajstić information content (AvgIpc) is 2.88. The summed E-state index contributed by atoms with van der Waals surface area (Å²) in [5, 5.41) is 12.3. The van der Waals surface area contributed by atoms with E-state index < -0.39 is 5.97 Å². The van der Waals surface area contributed by atoms with Crippen LogP contribution in [0.5, 0.6) is 0 Å². The van der Waals surface area contributed by atoms with E-state index in [-0.39, 0.29) is 11.6 Å². The molecule has 0 spiro atoms. The van der Waals surface area contributed by atoms with E-state index in [1.54, 1.807) is 18.2 Å². The first kappa shape index (κ1) is 14.4. The molecule has 106 valence electrons. The number of carbonyl (C=O) groups is 1. The molecule has 0 bridgehead atoms. The van der Waals surface area contributed by atoms with Crippen molar-refractivity contribution in [2.24, 2.45) is 5.18 Å². The molecular weight excluding hydrogens is 254 g/mol. The third-order valence-electron chi connectivity index (χ3n) is 3.81. The van der Waals surface area contributed by atoms with Crippen LogP contribution in [0, 0.1) is 4.91 Å². The Kier molecular flexibility index (Phi) is 4.66. The summed E-state index contributed by atoms with van der Waals surface area (Å²) in [6.07, 6.45) is 4.79. The maximum Gasteiger partial charge on any atom is 0.335 e. The fourth-order valence-corrected chi connectivity index (χ4v) is 2.80. The van der Waals surface area contributed by atoms with Crippen LogP contribution in [0.25, 0.3) is 5.57 Å². The van der Waals surface area contributed by atoms with E-state index in [1.165, 1.54) is 5.57 Å². The second-order valence-corrected chi connectivity index (χ2v) is 5.17. The van der Waals surface area contributed by atoms with Gasteiger partial charge in [-0.3, -0.25) is 0 Å². The molecule has 1 unspecified atom stereocenters. The molecule has 1 aliphatic carbocycles. The first-order chi connectivity index (χ1) is 9.67. The maximum atomic E-state index is 11.1. The van der Waals surface area contributed by atoms with Gasteiger partial charge in [0.15, 0.2) is 0 Å². The number of carboxylic acid groups (broad SMARTS) is 1. The number of unbranched alkanes of at least 4 members (excludes halogenated alkanes) is 1. The molecule has 0 heterocycles. The minimum atomic E-state index is -0.948. The van der Waals surface area contributed by atoms with Crippen LogP contribution in [0.2, 0.25) is 0 Å². The summed E-state index contributed by atoms with van der Waals surface area (Å²) in [4.78, 5) is 22.1. The first-order valence-electron chi connectivity index (χ1n) is 7.05. The van der Waals surface area contributed by atoms with E-state index in [0.29, 0.717) is 0 Å². The fraction of sp³-hybridized carbons (Fsp3) is 0.438. The third-order valence-corrected chi connectivity index (χ3v) is 3.81. The average molecular weight is 273 g/mol. The molecule has 1 aliphatic rings. The van der Waals surface area contributed by atoms with Gasteiger partial charge in [0.1, 0.15) is 6.04 Å². The standard InChI is InChI=1S/C16H19NO3/c1-2-3-5-11-8-9-14(17-20)15(11)12-6-4-7-13(10-12)16(18)19/h4,6-7,10,14H,2-3,5,8-9H2,1H3,(H,18,19). The van der Waals surface area contributed by atoms with Crippen molar-refractivity contribution in [3.8, 4) is 0 Å². The first-order valence-corrected chi connectivity index (χ1v) is 7.05. The molecule has 1 aromatic carbocycles. The lowest BCUT2D eigenvalue weighted by molar-refractivity contribution is 0.0697. The molecule has 0 aromatic heterocycles. The van der Waals surface area contributed by atoms with Crippen molar-refractivity contribution in [1.29, 1.82) is 0 Å². The molecule has 4 nitrogen and oxygen atoms in total. The third kappa shape index (κ3) is 2.95. The molecule has 4 heteroatoms. The van der Waals surface area contributed by atoms with Crippen molar-refractivity contribution < 1.29 is 9.90 Å². The summed E-state index contributed by atoms with van der Waals surface area (Å²) in [7, 11) is 0. The van der Waals surface area contributed by atoms with Crippen LogP contribution < -0.4 is 0 Å². The molecule has 2 rings (SSSR count). The SMILES string of the molecule is CCCCC1=C(c2cccc(C(=O)O)c2)C(N=O)CC1. The molecule has 1 aromatic rings. The molecule has 0 saturated heterocycles. The van der Waals surface area contributed by atoms with Crippen LogP contribution in [0.4, 0.5) is 0 Å². The molecule has 0 fully saturated rings. The van der Waals surface area contributed by atoms with Gasteiger partial charge in [0.05, 0.1) is 5.56 Å². The number of hydrogen-bond donors (Lipinski definition) is 1. The van der Waals surface area contributed by atoms with E-state index in [0.717, 1.165) is 43.2 Å². The van der Waals surface area contributed by atoms with Gasteiger partial charge >= 0.3 is 5.97 Å². The van der Waals surface area contributed by atoms with Gasteiger partial charge in [-0.15, -0.1) is 0 Å². The highest BCUT2D eigenvalue weighted by Crippen LogP contribution is 2.38. The van der Waals surface area contributed by atoms with Crippen LogP contribution in [0.1, 0.15) is 54.9 Å². The second-order valence-electron chi connectivity index (χ2n) is 5.17. The molecule has 0 saturated carbocycles. The molecule has 0 amide bonds. The number of rotatable bonds is 6. The van der Waals surface area contributed by atoms with E-state index in [9.17, 15) is 9.70 Å². The molecule has 0 radical (unpaired) electrons. The van der Waals surface area contributed by atoms with Gasteiger partial charge in [-0.2, -0.15) is 4.91 Å². The zero-order valence-corrected chi connectivity index (χ0v) is 11.6. The van der Waals surface area contributed by atoms with Gasteiger partial charge in [-0.05, 0) is 49.0 Å². The lowest BCUT2D eigenvalue weighted by atomic mass is 9.95. The van der Waals surface area contributed by atoms with E-state index >= 15 is 0 Å². The molecular formula is C16H19NO3. The highest BCUT2D eigenvalue weighted by atomic mass is 16.4. The smallest absolute Gasteiger partial charge is 0.335 e. The Hall–Kier alpha value is -1.97. The van der Waals surface area contributed by atoms with Crippen LogP contribution in [-0.4, -0.2) is 17.1 Å². The lowest BCUT2D eigenvalue weighted by Gasteiger charge is -2.11. The lowest BCUT2D eigenvalue weighted by Crippen LogP contribution is -2.04. The van der Waals surface area contributed by atoms with Crippen molar-refractivity contribution in [2.75, 3.05) is 0 Å². The number of benzene rings is 1. The van der Waals surface area contributed by atoms with Gasteiger partial charge in [0.2, 0.25) is 0 Å². The van der Waals surface area contributed by atoms with Crippen molar-refractivity contribution in [1.82, 2.24) is 0 Å². The predicted molar refractivity (Wildman–Crippen MR) is 78.7 cm³/mol. The normalized spacial score (nSPS) is 18.4. The summed E-state index contributed by atoms with van der Waals surface area (Å²) in [6, 6.07) is 6.48. The highest BCUT2D eigenvalue weighted by Gasteiger charge is 2.27. The summed E-state index contributed by atoms with van der Waals surface area (Å²) >= 11 is 0. The Balaban J connectivity index is 2.41. The zero-order chi connectivity index (χ0) is 14.5. The molecule has 1 N–H and O–H groups in total. The van der Waals surface area contributed by atoms with Gasteiger partial charge in [0.25, 0.3) is 0 Å². The Morgan fingerprint density at radius 2 is 2.25 bits per heavy atom. The number of carboxylic acids is 1. The maximum absolute atomic E-state index is 11.1. The van der Waals surface area contributed by atoms with Crippen LogP contribution in [0.3, 0.4) is 0 Å². The van der Waals surface area contributed by atoms with Gasteiger partial charge in [0, 0.05) is 0 Å². The quantitative estimate of drug-likeness (QED) is 0.787. The zero-order valence-electron chi connectivity index (χ0n) is 11.6. The molecule has 1 atom stereocenters. The van der Waals surface area contributed by atoms with Crippen LogP contribution in [-0.2, 0) is 0 Å². The Bertz CT molecular complexity index is 548. The van der Waals surface area contributed by atoms with Crippen molar-refractivity contribution >= 4 is 11.5 Å². The van der Waals surface area contributed by atoms with Crippen molar-refractivity contribution in [2.45, 2.75) is 45.1 Å². The molecule has 20 heavy (non-hydrogen) atoms. The summed E-state index contributed by atoms with van der Waals surface area (Å²) in [5.41, 5.74) is 3.30. The minimum absolute atomic E-state index is 0.251. The summed E-state index contributed by atoms with van der Waals surface area (Å²) in [6.45, 7) is 2.13. The number of aromatic carboxylic acids is 1. The van der Waals surface area contributed by atoms with Gasteiger partial charge in [-0.1, -0.05) is 36.2 Å². The topological polar surface area (TPSA) is 66.7 Å². The Morgan fingerprint density at radius 3 is 2.90 bits per heavy atom. The van der Waals surface area contributed by atoms with Gasteiger partial charge in [-0.25, -0.2) is 4.79 Å². The number of nitroso groups, excluding NO2 is 1. The Morgan fingerprint density at radius 1 is 1.45 bits per heavy atom. The number of allylic oxidation sites excluding steroid dienone is 1. The van der Waals surface area contributed by atoms with E-state index in [4.69, 9.17) is 5.11 Å². The molecule has 0 aliphatic heterocycles. The number of nitrogens with zero attached hydrogens (tertiary/aromatic N) is 1. The summed E-state index contributed by atoms with van der Waals surface area (Å²) in [5.74, 6) is -0.948. The fourth-order valence-electron chi connectivity index (χ4n) is 2.80. The van der Waals surface area contributed by atoms with Gasteiger partial charge < -0.3 is 5.11 Å². The van der Waals surface area contributed by atoms with Crippen molar-refractivity contribution in [3.05, 3.63) is 45.9 Å². The minimum Gasteiger partial charge on any atom is -0.478 e. The Labute approximate surface area is 118 Å². The second kappa shape index (κ2) is 6.46. The predicted octanol–water partition coefficient (Wildman–Crippen LogP) is 4.26. The highest BCUT2D eigenvalue weighted by molar-refractivity contribution is 5.89. The number of hydrogen-bond acceptors (Lipinski definition) is 3. The van der Waals surface area contributed by atoms with E-state index in [1.807, 2.05) is 6.07 Å². The monoisotopic (exact) mass is 273 g/mol. The van der Waals surface area contributed by atoms with Crippen LogP contribution >= 0.6 is 0 Å². The largest absolute Gasteiger partial charge is 0.478 e. The van der Waals surface area contributed by atoms with Crippen molar-refractivity contribution in [3.63, 3.8) is 0 Å². The van der Waals surface area contributed by atoms with E-state index in [2.05, 4.69) is 12.1 Å². The van der Waals surface area contributed by atoms with Crippen LogP contribution in [0.15, 0.2) is 35.0 Å². The summed E-state index contributed by atoms with van der Waals surface area (Å²) < 4.78 is 0.